The molecule has 15 nitrogen and oxygen atoms in total. The first-order chi connectivity index (χ1) is 49.1. The number of piperidine rings is 1. The number of allylic oxidation sites excluding steroid dienone is 3. The second-order valence-corrected chi connectivity index (χ2v) is 32.3. The van der Waals surface area contributed by atoms with Crippen LogP contribution in [0.15, 0.2) is 105 Å². The van der Waals surface area contributed by atoms with Crippen LogP contribution in [0.2, 0.25) is 30.1 Å². The van der Waals surface area contributed by atoms with E-state index in [9.17, 15) is 14.4 Å². The van der Waals surface area contributed by atoms with Crippen LogP contribution in [0.5, 0.6) is 0 Å². The summed E-state index contributed by atoms with van der Waals surface area (Å²) in [5.41, 5.74) is 26.0. The summed E-state index contributed by atoms with van der Waals surface area (Å²) in [6.07, 6.45) is 26.5. The van der Waals surface area contributed by atoms with E-state index in [2.05, 4.69) is 109 Å². The number of nitrogens with one attached hydrogen (secondary N) is 3. The molecule has 1 saturated carbocycles. The van der Waals surface area contributed by atoms with E-state index in [0.29, 0.717) is 71.1 Å². The lowest BCUT2D eigenvalue weighted by Crippen LogP contribution is -2.54. The quantitative estimate of drug-likeness (QED) is 0.109. The Morgan fingerprint density at radius 2 is 0.782 bits per heavy atom. The fourth-order valence-electron chi connectivity index (χ4n) is 15.6. The number of carbonyl (C=O) groups excluding carboxylic acids is 3. The van der Waals surface area contributed by atoms with Crippen LogP contribution in [0.25, 0.3) is 52.0 Å². The normalized spacial score (nSPS) is 21.2. The zero-order valence-electron chi connectivity index (χ0n) is 56.4. The molecule has 3 aromatic carbocycles. The van der Waals surface area contributed by atoms with Crippen LogP contribution >= 0.6 is 104 Å². The van der Waals surface area contributed by atoms with E-state index < -0.39 is 0 Å². The molecular formula is C77H80Cl6N12O3S3. The molecule has 24 heteroatoms. The van der Waals surface area contributed by atoms with Gasteiger partial charge < -0.3 is 0 Å². The lowest BCUT2D eigenvalue weighted by Gasteiger charge is -2.38. The highest BCUT2D eigenvalue weighted by molar-refractivity contribution is 7.08. The Morgan fingerprint density at radius 1 is 0.426 bits per heavy atom. The Kier molecular flexibility index (Phi) is 22.9. The number of thiophene rings is 3. The number of hydrogen-bond donors (Lipinski definition) is 3. The Balaban J connectivity index is 0.000000129. The van der Waals surface area contributed by atoms with Gasteiger partial charge in [0.05, 0.1) is 49.2 Å². The molecule has 0 spiro atoms. The van der Waals surface area contributed by atoms with Gasteiger partial charge in [-0.2, -0.15) is 49.3 Å². The van der Waals surface area contributed by atoms with Gasteiger partial charge in [0.15, 0.2) is 17.1 Å². The van der Waals surface area contributed by atoms with Crippen LogP contribution in [-0.2, 0) is 19.3 Å². The molecule has 9 aromatic rings. The average molecular weight is 1530 g/mol. The van der Waals surface area contributed by atoms with Gasteiger partial charge in [-0.25, -0.2) is 29.1 Å². The van der Waals surface area contributed by atoms with Gasteiger partial charge in [0.25, 0.3) is 17.7 Å². The fourth-order valence-corrected chi connectivity index (χ4v) is 18.9. The molecule has 6 aromatic heterocycles. The largest absolute Gasteiger partial charge is 0.286 e. The van der Waals surface area contributed by atoms with Gasteiger partial charge in [0, 0.05) is 70.0 Å². The molecule has 16 rings (SSSR count). The van der Waals surface area contributed by atoms with E-state index in [0.717, 1.165) is 183 Å². The standard InChI is InChI=1S/C26H26Cl2N4OS.C26H28Cl2N4OS.C25H26Cl2N4OS/c27-20-7-8-23(22(28)12-20)32-25-17(11-16-9-10-34-15-16)3-2-6-21(25)24(29-32)26(33)30-31-13-18-4-1-5-19(18)14-31;1-16-5-3-6-17(2)31(16)30-26(33)24-21-8-4-7-19(13-18-11-12-34-15-18)25(21)32(29-24)23-10-9-20(27)14-22(23)28;26-19-8-9-22(21(27)15-19)31-24-18(14-17-10-13-33-16-17)6-5-7-20(24)23(28-31)25(32)29-30-11-3-1-2-4-12-30/h7-12,15,18-19H,1-6,13-14H2,(H,30,33);9-17H,3-8H2,1-2H3,(H,30,33);8-10,13-16H,1-7,11-12H2,(H,29,32)/b17-11+;19-13+;18-14+. The molecule has 3 N–H and O–H groups in total. The molecular weight excluding hydrogens is 1450 g/mol. The summed E-state index contributed by atoms with van der Waals surface area (Å²) < 4.78 is 5.52. The Bertz CT molecular complexity index is 4570. The summed E-state index contributed by atoms with van der Waals surface area (Å²) in [7, 11) is 0. The predicted octanol–water partition coefficient (Wildman–Crippen LogP) is 20.2. The van der Waals surface area contributed by atoms with Gasteiger partial charge in [-0.05, 0) is 279 Å². The van der Waals surface area contributed by atoms with Gasteiger partial charge >= 0.3 is 0 Å². The molecule has 101 heavy (non-hydrogen) atoms. The lowest BCUT2D eigenvalue weighted by molar-refractivity contribution is 0.0365. The molecule has 0 radical (unpaired) electrons. The number of carbonyl (C=O) groups is 3. The first-order valence-electron chi connectivity index (χ1n) is 35.2. The first kappa shape index (κ1) is 71.6. The number of rotatable bonds is 12. The molecule has 4 aliphatic carbocycles. The smallest absolute Gasteiger partial charge is 0.283 e. The van der Waals surface area contributed by atoms with E-state index in [-0.39, 0.29) is 17.7 Å². The third-order valence-corrected chi connectivity index (χ3v) is 24.2. The highest BCUT2D eigenvalue weighted by Gasteiger charge is 2.39. The summed E-state index contributed by atoms with van der Waals surface area (Å²) in [5, 5.41) is 36.6. The van der Waals surface area contributed by atoms with Crippen molar-refractivity contribution in [2.24, 2.45) is 11.8 Å². The maximum Gasteiger partial charge on any atom is 0.286 e. The van der Waals surface area contributed by atoms with Crippen LogP contribution in [0, 0.1) is 11.8 Å². The number of halogens is 6. The van der Waals surface area contributed by atoms with E-state index in [4.69, 9.17) is 84.9 Å². The number of hydrogen-bond acceptors (Lipinski definition) is 12. The van der Waals surface area contributed by atoms with Crippen molar-refractivity contribution in [2.45, 2.75) is 148 Å². The topological polar surface area (TPSA) is 150 Å². The average Bonchev–Trinajstić information content (AvgIpc) is 1.63. The van der Waals surface area contributed by atoms with Crippen LogP contribution in [0.3, 0.4) is 0 Å². The molecule has 3 saturated heterocycles. The van der Waals surface area contributed by atoms with Gasteiger partial charge in [0.2, 0.25) is 0 Å². The molecule has 526 valence electrons. The SMILES string of the molecule is CC1CCCC(C)N1NC(=O)c1nn(-c2ccc(Cl)cc2Cl)c2c1CCC/C2=C\c1ccsc1.O=C(NN1CC2CCCC2C1)c1nn(-c2ccc(Cl)cc2Cl)c2c1CCC/C2=C\c1ccsc1.O=C(NN1CCCCCC1)c1nn(-c2ccc(Cl)cc2Cl)c2c1CCC/C2=C\c1ccsc1. The number of amides is 3. The summed E-state index contributed by atoms with van der Waals surface area (Å²) in [4.78, 5) is 40.5. The van der Waals surface area contributed by atoms with Crippen molar-refractivity contribution in [3.8, 4) is 17.1 Å². The van der Waals surface area contributed by atoms with Gasteiger partial charge in [-0.15, -0.1) is 0 Å². The third-order valence-electron chi connectivity index (χ3n) is 20.5. The molecule has 4 unspecified atom stereocenters. The second-order valence-electron chi connectivity index (χ2n) is 27.4. The molecule has 0 bridgehead atoms. The van der Waals surface area contributed by atoms with Crippen molar-refractivity contribution in [3.05, 3.63) is 203 Å². The predicted molar refractivity (Wildman–Crippen MR) is 416 cm³/mol. The Morgan fingerprint density at radius 3 is 1.14 bits per heavy atom. The van der Waals surface area contributed by atoms with E-state index >= 15 is 0 Å². The van der Waals surface area contributed by atoms with Crippen LogP contribution in [-0.4, -0.2) is 100 Å². The first-order valence-corrected chi connectivity index (χ1v) is 40.3. The third kappa shape index (κ3) is 16.2. The second kappa shape index (κ2) is 32.3. The maximum atomic E-state index is 13.6. The van der Waals surface area contributed by atoms with Gasteiger partial charge in [-0.1, -0.05) is 95.3 Å². The van der Waals surface area contributed by atoms with Crippen molar-refractivity contribution in [1.29, 1.82) is 0 Å². The molecule has 3 aliphatic heterocycles. The molecule has 3 amide bonds. The number of fused-ring (bicyclic) bond motifs is 4. The maximum absolute atomic E-state index is 13.6. The van der Waals surface area contributed by atoms with Crippen molar-refractivity contribution >= 4 is 156 Å². The van der Waals surface area contributed by atoms with Crippen molar-refractivity contribution in [3.63, 3.8) is 0 Å². The Hall–Kier alpha value is -6.36. The highest BCUT2D eigenvalue weighted by atomic mass is 35.5. The lowest BCUT2D eigenvalue weighted by atomic mass is 9.90. The number of aromatic nitrogens is 6. The zero-order valence-corrected chi connectivity index (χ0v) is 63.4. The van der Waals surface area contributed by atoms with Crippen molar-refractivity contribution in [1.82, 2.24) is 60.6 Å². The minimum absolute atomic E-state index is 0.128. The van der Waals surface area contributed by atoms with Crippen LogP contribution < -0.4 is 16.3 Å². The molecule has 4 atom stereocenters. The highest BCUT2D eigenvalue weighted by Crippen LogP contribution is 2.43. The monoisotopic (exact) mass is 1530 g/mol. The minimum Gasteiger partial charge on any atom is -0.283 e. The number of nitrogens with zero attached hydrogens (tertiary/aromatic N) is 9. The molecule has 4 fully saturated rings. The van der Waals surface area contributed by atoms with Gasteiger partial charge in [-0.3, -0.25) is 30.7 Å². The zero-order chi connectivity index (χ0) is 69.8. The molecule has 7 aliphatic rings. The summed E-state index contributed by atoms with van der Waals surface area (Å²) >= 11 is 43.3. The van der Waals surface area contributed by atoms with Gasteiger partial charge in [0.1, 0.15) is 0 Å². The number of benzene rings is 3. The Labute approximate surface area is 632 Å². The van der Waals surface area contributed by atoms with Crippen molar-refractivity contribution in [2.75, 3.05) is 26.2 Å². The van der Waals surface area contributed by atoms with Crippen LogP contribution in [0.1, 0.15) is 199 Å². The van der Waals surface area contributed by atoms with Crippen LogP contribution in [0.4, 0.5) is 0 Å². The number of hydrazine groups is 3. The van der Waals surface area contributed by atoms with E-state index in [1.165, 1.54) is 49.7 Å². The summed E-state index contributed by atoms with van der Waals surface area (Å²) in [5.74, 6) is 0.989. The fraction of sp³-hybridized carbons (Fsp3) is 0.377. The van der Waals surface area contributed by atoms with E-state index in [1.807, 2.05) is 43.3 Å². The minimum atomic E-state index is -0.155. The summed E-state index contributed by atoms with van der Waals surface area (Å²) in [6.45, 7) is 7.96. The summed E-state index contributed by atoms with van der Waals surface area (Å²) in [6, 6.07) is 23.1. The van der Waals surface area contributed by atoms with Crippen molar-refractivity contribution < 1.29 is 14.4 Å². The van der Waals surface area contributed by atoms with E-state index in [1.54, 1.807) is 64.3 Å². The molecule has 9 heterocycles.